The number of anilines is 1. The Labute approximate surface area is 218 Å². The zero-order chi connectivity index (χ0) is 26.1. The minimum atomic E-state index is -3.73. The molecule has 1 aliphatic rings. The van der Waals surface area contributed by atoms with Crippen molar-refractivity contribution in [2.45, 2.75) is 37.0 Å². The van der Waals surface area contributed by atoms with Crippen molar-refractivity contribution in [3.05, 3.63) is 71.0 Å². The molecule has 0 aliphatic carbocycles. The highest BCUT2D eigenvalue weighted by atomic mass is 32.2. The van der Waals surface area contributed by atoms with Crippen LogP contribution in [-0.2, 0) is 42.3 Å². The smallest absolute Gasteiger partial charge is 0.280 e. The predicted octanol–water partition coefficient (Wildman–Crippen LogP) is 2.70. The molecular formula is C24H27N5O6S2. The Morgan fingerprint density at radius 2 is 1.92 bits per heavy atom. The number of amides is 1. The second-order valence-electron chi connectivity index (χ2n) is 8.09. The Kier molecular flexibility index (Phi) is 9.30. The second-order valence-corrected chi connectivity index (χ2v) is 10.9. The first kappa shape index (κ1) is 26.8. The van der Waals surface area contributed by atoms with E-state index in [0.717, 1.165) is 4.88 Å². The van der Waals surface area contributed by atoms with Gasteiger partial charge in [-0.3, -0.25) is 15.1 Å². The number of hydrogen-bond acceptors (Lipinski definition) is 10. The van der Waals surface area contributed by atoms with Crippen LogP contribution in [0.25, 0.3) is 0 Å². The van der Waals surface area contributed by atoms with Crippen molar-refractivity contribution in [2.75, 3.05) is 25.6 Å². The lowest BCUT2D eigenvalue weighted by Gasteiger charge is -2.23. The third-order valence-electron chi connectivity index (χ3n) is 5.35. The van der Waals surface area contributed by atoms with Gasteiger partial charge in [0.1, 0.15) is 0 Å². The molecular weight excluding hydrogens is 518 g/mol. The lowest BCUT2D eigenvalue weighted by atomic mass is 10.1. The van der Waals surface area contributed by atoms with E-state index in [4.69, 9.17) is 14.3 Å². The molecule has 0 saturated carbocycles. The minimum absolute atomic E-state index is 0.0410. The molecule has 3 aromatic rings. The molecule has 1 aliphatic heterocycles. The first-order chi connectivity index (χ1) is 17.9. The predicted molar refractivity (Wildman–Crippen MR) is 138 cm³/mol. The number of methoxy groups -OCH3 is 1. The minimum Gasteiger partial charge on any atom is -0.389 e. The van der Waals surface area contributed by atoms with E-state index in [2.05, 4.69) is 25.2 Å². The summed E-state index contributed by atoms with van der Waals surface area (Å²) in [5.41, 5.74) is 0.966. The van der Waals surface area contributed by atoms with Gasteiger partial charge < -0.3 is 14.3 Å². The third kappa shape index (κ3) is 7.63. The SMILES string of the molecule is COCc1cnc(NC(=O)C(=NOCc2ccccn2)c2ccc(S(=O)(=O)NC3CCOCC3)cc2)s1. The summed E-state index contributed by atoms with van der Waals surface area (Å²) in [6.45, 7) is 1.46. The van der Waals surface area contributed by atoms with Crippen LogP contribution in [0.4, 0.5) is 5.13 Å². The molecule has 0 radical (unpaired) electrons. The zero-order valence-electron chi connectivity index (χ0n) is 20.1. The van der Waals surface area contributed by atoms with E-state index in [9.17, 15) is 13.2 Å². The van der Waals surface area contributed by atoms with Crippen molar-refractivity contribution in [3.8, 4) is 0 Å². The van der Waals surface area contributed by atoms with Crippen LogP contribution in [0, 0.1) is 0 Å². The molecule has 0 bridgehead atoms. The Morgan fingerprint density at radius 3 is 2.62 bits per heavy atom. The summed E-state index contributed by atoms with van der Waals surface area (Å²) in [5.74, 6) is -0.560. The molecule has 3 heterocycles. The van der Waals surface area contributed by atoms with Gasteiger partial charge in [0.25, 0.3) is 5.91 Å². The molecule has 1 fully saturated rings. The van der Waals surface area contributed by atoms with Crippen molar-refractivity contribution < 1.29 is 27.5 Å². The van der Waals surface area contributed by atoms with Crippen molar-refractivity contribution in [3.63, 3.8) is 0 Å². The molecule has 13 heteroatoms. The van der Waals surface area contributed by atoms with E-state index in [1.807, 2.05) is 6.07 Å². The fourth-order valence-electron chi connectivity index (χ4n) is 3.50. The number of hydrogen-bond donors (Lipinski definition) is 2. The molecule has 37 heavy (non-hydrogen) atoms. The summed E-state index contributed by atoms with van der Waals surface area (Å²) in [4.78, 5) is 27.8. The number of sulfonamides is 1. The maximum absolute atomic E-state index is 13.1. The Hall–Kier alpha value is -3.23. The van der Waals surface area contributed by atoms with Crippen LogP contribution in [0.2, 0.25) is 0 Å². The summed E-state index contributed by atoms with van der Waals surface area (Å²) in [6, 6.07) is 11.1. The number of aromatic nitrogens is 2. The first-order valence-electron chi connectivity index (χ1n) is 11.5. The summed E-state index contributed by atoms with van der Waals surface area (Å²) in [7, 11) is -2.16. The van der Waals surface area contributed by atoms with E-state index >= 15 is 0 Å². The molecule has 0 spiro atoms. The highest BCUT2D eigenvalue weighted by Crippen LogP contribution is 2.20. The number of rotatable bonds is 11. The second kappa shape index (κ2) is 12.8. The highest BCUT2D eigenvalue weighted by molar-refractivity contribution is 7.89. The van der Waals surface area contributed by atoms with Crippen LogP contribution >= 0.6 is 11.3 Å². The van der Waals surface area contributed by atoms with Crippen molar-refractivity contribution in [1.29, 1.82) is 0 Å². The van der Waals surface area contributed by atoms with Crippen LogP contribution in [0.1, 0.15) is 29.0 Å². The topological polar surface area (TPSA) is 141 Å². The molecule has 4 rings (SSSR count). The zero-order valence-corrected chi connectivity index (χ0v) is 21.8. The quantitative estimate of drug-likeness (QED) is 0.277. The van der Waals surface area contributed by atoms with Gasteiger partial charge >= 0.3 is 0 Å². The van der Waals surface area contributed by atoms with Crippen LogP contribution in [0.3, 0.4) is 0 Å². The number of oxime groups is 1. The third-order valence-corrected chi connectivity index (χ3v) is 7.77. The number of benzene rings is 1. The lowest BCUT2D eigenvalue weighted by molar-refractivity contribution is -0.110. The molecule has 1 amide bonds. The van der Waals surface area contributed by atoms with Gasteiger partial charge in [0.15, 0.2) is 17.5 Å². The average Bonchev–Trinajstić information content (AvgIpc) is 3.34. The van der Waals surface area contributed by atoms with Gasteiger partial charge in [0.2, 0.25) is 10.0 Å². The molecule has 1 saturated heterocycles. The Morgan fingerprint density at radius 1 is 1.14 bits per heavy atom. The first-order valence-corrected chi connectivity index (χ1v) is 13.8. The van der Waals surface area contributed by atoms with Gasteiger partial charge in [-0.25, -0.2) is 18.1 Å². The molecule has 11 nitrogen and oxygen atoms in total. The van der Waals surface area contributed by atoms with E-state index in [1.54, 1.807) is 31.6 Å². The van der Waals surface area contributed by atoms with E-state index in [1.165, 1.54) is 35.6 Å². The van der Waals surface area contributed by atoms with E-state index in [-0.39, 0.29) is 23.3 Å². The van der Waals surface area contributed by atoms with Crippen molar-refractivity contribution >= 4 is 38.1 Å². The number of carbonyl (C=O) groups excluding carboxylic acids is 1. The fraction of sp³-hybridized carbons (Fsp3) is 0.333. The fourth-order valence-corrected chi connectivity index (χ4v) is 5.58. The van der Waals surface area contributed by atoms with Crippen LogP contribution in [-0.4, -0.2) is 56.4 Å². The van der Waals surface area contributed by atoms with Gasteiger partial charge in [-0.05, 0) is 37.1 Å². The van der Waals surface area contributed by atoms with Crippen LogP contribution in [0.5, 0.6) is 0 Å². The highest BCUT2D eigenvalue weighted by Gasteiger charge is 2.23. The van der Waals surface area contributed by atoms with Crippen LogP contribution < -0.4 is 10.0 Å². The van der Waals surface area contributed by atoms with Gasteiger partial charge in [-0.15, -0.1) is 0 Å². The summed E-state index contributed by atoms with van der Waals surface area (Å²) in [5, 5.41) is 7.13. The number of carbonyl (C=O) groups is 1. The molecule has 2 aromatic heterocycles. The van der Waals surface area contributed by atoms with Gasteiger partial charge in [0.05, 0.1) is 22.1 Å². The molecule has 196 valence electrons. The van der Waals surface area contributed by atoms with Gasteiger partial charge in [-0.1, -0.05) is 34.7 Å². The van der Waals surface area contributed by atoms with Crippen molar-refractivity contribution in [2.24, 2.45) is 5.16 Å². The maximum Gasteiger partial charge on any atom is 0.280 e. The summed E-state index contributed by atoms with van der Waals surface area (Å²) < 4.78 is 38.8. The number of nitrogens with zero attached hydrogens (tertiary/aromatic N) is 3. The number of thiazole rings is 1. The number of pyridine rings is 1. The number of nitrogens with one attached hydrogen (secondary N) is 2. The van der Waals surface area contributed by atoms with E-state index in [0.29, 0.717) is 49.1 Å². The number of ether oxygens (including phenoxy) is 2. The summed E-state index contributed by atoms with van der Waals surface area (Å²) >= 11 is 1.27. The lowest BCUT2D eigenvalue weighted by Crippen LogP contribution is -2.38. The van der Waals surface area contributed by atoms with Gasteiger partial charge in [-0.2, -0.15) is 0 Å². The Balaban J connectivity index is 1.52. The molecule has 2 N–H and O–H groups in total. The van der Waals surface area contributed by atoms with Crippen molar-refractivity contribution in [1.82, 2.24) is 14.7 Å². The molecule has 0 unspecified atom stereocenters. The van der Waals surface area contributed by atoms with Crippen LogP contribution in [0.15, 0.2) is 64.9 Å². The standard InChI is InChI=1S/C24H27N5O6S2/c1-33-16-20-14-26-24(36-20)27-23(30)22(28-35-15-19-4-2-3-11-25-19)17-5-7-21(8-6-17)37(31,32)29-18-9-12-34-13-10-18/h2-8,11,14,18,29H,9-10,12-13,15-16H2,1H3,(H,26,27,30). The largest absolute Gasteiger partial charge is 0.389 e. The Bertz CT molecular complexity index is 1310. The summed E-state index contributed by atoms with van der Waals surface area (Å²) in [6.07, 6.45) is 4.47. The molecule has 1 aromatic carbocycles. The van der Waals surface area contributed by atoms with Gasteiger partial charge in [0, 0.05) is 44.3 Å². The van der Waals surface area contributed by atoms with E-state index < -0.39 is 15.9 Å². The maximum atomic E-state index is 13.1. The normalized spacial score (nSPS) is 14.9. The monoisotopic (exact) mass is 545 g/mol. The average molecular weight is 546 g/mol. The molecule has 0 atom stereocenters.